The minimum atomic E-state index is -0.475. The van der Waals surface area contributed by atoms with Gasteiger partial charge in [-0.3, -0.25) is 4.79 Å². The Morgan fingerprint density at radius 1 is 1.43 bits per heavy atom. The van der Waals surface area contributed by atoms with Gasteiger partial charge < -0.3 is 15.0 Å². The quantitative estimate of drug-likeness (QED) is 0.592. The molecule has 6 nitrogen and oxygen atoms in total. The average molecular weight is 306 g/mol. The second-order valence-corrected chi connectivity index (χ2v) is 5.54. The smallest absolute Gasteiger partial charge is 0.235 e. The zero-order valence-corrected chi connectivity index (χ0v) is 12.6. The molecule has 0 fully saturated rings. The van der Waals surface area contributed by atoms with Crippen LogP contribution in [0.5, 0.6) is 0 Å². The molecule has 2 aromatic rings. The molecule has 1 atom stereocenters. The summed E-state index contributed by atoms with van der Waals surface area (Å²) in [5.41, 5.74) is 6.38. The molecule has 0 radical (unpaired) electrons. The summed E-state index contributed by atoms with van der Waals surface area (Å²) in [6, 6.07) is 9.44. The van der Waals surface area contributed by atoms with Gasteiger partial charge in [0.25, 0.3) is 0 Å². The molecule has 0 aliphatic rings. The van der Waals surface area contributed by atoms with E-state index in [4.69, 9.17) is 10.5 Å². The summed E-state index contributed by atoms with van der Waals surface area (Å²) in [6.07, 6.45) is 2.51. The van der Waals surface area contributed by atoms with Gasteiger partial charge in [0.1, 0.15) is 11.6 Å². The third-order valence-electron chi connectivity index (χ3n) is 2.91. The van der Waals surface area contributed by atoms with E-state index < -0.39 is 11.2 Å². The number of thioether (sulfide) groups is 1. The van der Waals surface area contributed by atoms with E-state index in [1.165, 1.54) is 11.8 Å². The number of rotatable bonds is 8. The highest BCUT2D eigenvalue weighted by Gasteiger charge is 2.21. The van der Waals surface area contributed by atoms with Crippen molar-refractivity contribution in [2.45, 2.75) is 23.4 Å². The molecule has 0 aliphatic heterocycles. The number of carbonyl (C=O) groups is 1. The molecule has 0 saturated heterocycles. The summed E-state index contributed by atoms with van der Waals surface area (Å²) in [6.45, 7) is 1.41. The van der Waals surface area contributed by atoms with Gasteiger partial charge in [-0.05, 0) is 12.0 Å². The van der Waals surface area contributed by atoms with E-state index >= 15 is 0 Å². The monoisotopic (exact) mass is 306 g/mol. The van der Waals surface area contributed by atoms with Gasteiger partial charge in [0.2, 0.25) is 5.91 Å². The SMILES string of the molecule is COCCCn1cnnc1SC(C(N)=O)c1ccccc1. The van der Waals surface area contributed by atoms with Crippen LogP contribution in [0.1, 0.15) is 17.2 Å². The fraction of sp³-hybridized carbons (Fsp3) is 0.357. The summed E-state index contributed by atoms with van der Waals surface area (Å²) < 4.78 is 6.94. The van der Waals surface area contributed by atoms with Crippen molar-refractivity contribution < 1.29 is 9.53 Å². The third-order valence-corrected chi connectivity index (χ3v) is 4.18. The van der Waals surface area contributed by atoms with Gasteiger partial charge >= 0.3 is 0 Å². The number of benzene rings is 1. The Labute approximate surface area is 127 Å². The number of amides is 1. The van der Waals surface area contributed by atoms with E-state index in [1.54, 1.807) is 13.4 Å². The number of aryl methyl sites for hydroxylation is 1. The highest BCUT2D eigenvalue weighted by Crippen LogP contribution is 2.33. The zero-order chi connectivity index (χ0) is 15.1. The van der Waals surface area contributed by atoms with Gasteiger partial charge in [-0.15, -0.1) is 10.2 Å². The highest BCUT2D eigenvalue weighted by molar-refractivity contribution is 8.00. The van der Waals surface area contributed by atoms with Gasteiger partial charge in [-0.25, -0.2) is 0 Å². The molecular formula is C14H18N4O2S. The molecule has 1 aromatic carbocycles. The number of ether oxygens (including phenoxy) is 1. The van der Waals surface area contributed by atoms with Gasteiger partial charge in [0, 0.05) is 20.3 Å². The second kappa shape index (κ2) is 7.80. The van der Waals surface area contributed by atoms with Crippen LogP contribution in [0, 0.1) is 0 Å². The van der Waals surface area contributed by atoms with Crippen LogP contribution in [0.3, 0.4) is 0 Å². The Hall–Kier alpha value is -1.86. The lowest BCUT2D eigenvalue weighted by atomic mass is 10.1. The van der Waals surface area contributed by atoms with Crippen molar-refractivity contribution >= 4 is 17.7 Å². The van der Waals surface area contributed by atoms with E-state index in [0.717, 1.165) is 18.5 Å². The summed E-state index contributed by atoms with van der Waals surface area (Å²) in [4.78, 5) is 11.7. The molecule has 0 bridgehead atoms. The van der Waals surface area contributed by atoms with E-state index in [9.17, 15) is 4.79 Å². The second-order valence-electron chi connectivity index (χ2n) is 4.46. The Kier molecular flexibility index (Phi) is 5.77. The number of primary amides is 1. The number of carbonyl (C=O) groups excluding carboxylic acids is 1. The Morgan fingerprint density at radius 3 is 2.86 bits per heavy atom. The predicted octanol–water partition coefficient (Wildman–Crippen LogP) is 1.63. The van der Waals surface area contributed by atoms with Gasteiger partial charge in [0.15, 0.2) is 5.16 Å². The van der Waals surface area contributed by atoms with Crippen molar-refractivity contribution in [2.75, 3.05) is 13.7 Å². The van der Waals surface area contributed by atoms with Gasteiger partial charge in [-0.2, -0.15) is 0 Å². The molecule has 1 unspecified atom stereocenters. The summed E-state index contributed by atoms with van der Waals surface area (Å²) in [5, 5.41) is 8.18. The number of nitrogens with zero attached hydrogens (tertiary/aromatic N) is 3. The summed E-state index contributed by atoms with van der Waals surface area (Å²) in [7, 11) is 1.67. The van der Waals surface area contributed by atoms with Crippen LogP contribution >= 0.6 is 11.8 Å². The lowest BCUT2D eigenvalue weighted by Crippen LogP contribution is -2.19. The van der Waals surface area contributed by atoms with Crippen LogP contribution in [0.4, 0.5) is 0 Å². The van der Waals surface area contributed by atoms with Crippen LogP contribution in [0.2, 0.25) is 0 Å². The lowest BCUT2D eigenvalue weighted by molar-refractivity contribution is -0.117. The molecule has 1 aromatic heterocycles. The fourth-order valence-electron chi connectivity index (χ4n) is 1.89. The highest BCUT2D eigenvalue weighted by atomic mass is 32.2. The molecule has 21 heavy (non-hydrogen) atoms. The summed E-state index contributed by atoms with van der Waals surface area (Å²) in [5.74, 6) is -0.391. The largest absolute Gasteiger partial charge is 0.385 e. The number of nitrogens with two attached hydrogens (primary N) is 1. The van der Waals surface area contributed by atoms with Crippen molar-refractivity contribution in [3.05, 3.63) is 42.2 Å². The van der Waals surface area contributed by atoms with Crippen LogP contribution < -0.4 is 5.73 Å². The maximum absolute atomic E-state index is 11.7. The van der Waals surface area contributed by atoms with Crippen LogP contribution in [0.25, 0.3) is 0 Å². The first kappa shape index (κ1) is 15.5. The normalized spacial score (nSPS) is 12.2. The maximum atomic E-state index is 11.7. The number of hydrogen-bond acceptors (Lipinski definition) is 5. The average Bonchev–Trinajstić information content (AvgIpc) is 2.93. The van der Waals surface area contributed by atoms with E-state index in [2.05, 4.69) is 10.2 Å². The Balaban J connectivity index is 2.11. The van der Waals surface area contributed by atoms with Crippen molar-refractivity contribution in [1.82, 2.24) is 14.8 Å². The Bertz CT molecular complexity index is 573. The first-order valence-electron chi connectivity index (χ1n) is 6.60. The van der Waals surface area contributed by atoms with E-state index in [0.29, 0.717) is 11.8 Å². The van der Waals surface area contributed by atoms with Crippen molar-refractivity contribution in [2.24, 2.45) is 5.73 Å². The molecule has 7 heteroatoms. The van der Waals surface area contributed by atoms with E-state index in [-0.39, 0.29) is 0 Å². The topological polar surface area (TPSA) is 83.0 Å². The van der Waals surface area contributed by atoms with Crippen molar-refractivity contribution in [1.29, 1.82) is 0 Å². The van der Waals surface area contributed by atoms with Gasteiger partial charge in [-0.1, -0.05) is 42.1 Å². The zero-order valence-electron chi connectivity index (χ0n) is 11.8. The molecule has 0 spiro atoms. The molecule has 1 amide bonds. The molecule has 0 aliphatic carbocycles. The molecule has 1 heterocycles. The number of hydrogen-bond donors (Lipinski definition) is 1. The molecule has 2 N–H and O–H groups in total. The molecular weight excluding hydrogens is 288 g/mol. The third kappa shape index (κ3) is 4.30. The van der Waals surface area contributed by atoms with Gasteiger partial charge in [0.05, 0.1) is 0 Å². The number of aromatic nitrogens is 3. The minimum absolute atomic E-state index is 0.391. The van der Waals surface area contributed by atoms with Crippen LogP contribution in [-0.2, 0) is 16.1 Å². The predicted molar refractivity (Wildman–Crippen MR) is 80.7 cm³/mol. The number of methoxy groups -OCH3 is 1. The van der Waals surface area contributed by atoms with Crippen LogP contribution in [0.15, 0.2) is 41.8 Å². The maximum Gasteiger partial charge on any atom is 0.235 e. The minimum Gasteiger partial charge on any atom is -0.385 e. The lowest BCUT2D eigenvalue weighted by Gasteiger charge is -2.13. The first-order valence-corrected chi connectivity index (χ1v) is 7.48. The first-order chi connectivity index (χ1) is 10.2. The Morgan fingerprint density at radius 2 is 2.19 bits per heavy atom. The molecule has 112 valence electrons. The molecule has 0 saturated carbocycles. The van der Waals surface area contributed by atoms with Crippen molar-refractivity contribution in [3.63, 3.8) is 0 Å². The van der Waals surface area contributed by atoms with E-state index in [1.807, 2.05) is 34.9 Å². The standard InChI is InChI=1S/C14H18N4O2S/c1-20-9-5-8-18-10-16-17-14(18)21-12(13(15)19)11-6-3-2-4-7-11/h2-4,6-7,10,12H,5,8-9H2,1H3,(H2,15,19). The molecule has 2 rings (SSSR count). The summed E-state index contributed by atoms with van der Waals surface area (Å²) >= 11 is 1.32. The van der Waals surface area contributed by atoms with Crippen molar-refractivity contribution in [3.8, 4) is 0 Å². The fourth-order valence-corrected chi connectivity index (χ4v) is 2.88. The van der Waals surface area contributed by atoms with Crippen LogP contribution in [-0.4, -0.2) is 34.4 Å².